The molecule has 1 N–H and O–H groups in total. The molecular formula is C22H26FN5O5. The Morgan fingerprint density at radius 1 is 1.18 bits per heavy atom. The molecule has 176 valence electrons. The highest BCUT2D eigenvalue weighted by Gasteiger charge is 2.37. The van der Waals surface area contributed by atoms with Crippen LogP contribution in [0.5, 0.6) is 0 Å². The second-order valence-electron chi connectivity index (χ2n) is 8.82. The number of aromatic nitrogens is 2. The number of nitrogens with zero attached hydrogens (tertiary/aromatic N) is 4. The van der Waals surface area contributed by atoms with Crippen LogP contribution >= 0.6 is 0 Å². The molecule has 0 radical (unpaired) electrons. The fourth-order valence-corrected chi connectivity index (χ4v) is 3.42. The van der Waals surface area contributed by atoms with Gasteiger partial charge in [0.25, 0.3) is 11.8 Å². The normalized spacial score (nSPS) is 15.4. The summed E-state index contributed by atoms with van der Waals surface area (Å²) in [6.45, 7) is 6.44. The van der Waals surface area contributed by atoms with Crippen LogP contribution in [0, 0.1) is 11.7 Å². The molecule has 2 aromatic rings. The number of rotatable bonds is 8. The number of hydrogen-bond acceptors (Lipinski definition) is 7. The van der Waals surface area contributed by atoms with Gasteiger partial charge in [-0.15, -0.1) is 10.2 Å². The van der Waals surface area contributed by atoms with Gasteiger partial charge >= 0.3 is 6.03 Å². The zero-order chi connectivity index (χ0) is 24.5. The Morgan fingerprint density at radius 3 is 2.36 bits per heavy atom. The highest BCUT2D eigenvalue weighted by atomic mass is 19.1. The first-order valence-corrected chi connectivity index (χ1v) is 10.4. The van der Waals surface area contributed by atoms with Crippen molar-refractivity contribution in [3.63, 3.8) is 0 Å². The number of halogens is 1. The summed E-state index contributed by atoms with van der Waals surface area (Å²) in [5, 5.41) is 10.4. The number of likely N-dealkylation sites (N-methyl/N-ethyl adjacent to an activating group) is 1. The molecule has 0 bridgehead atoms. The van der Waals surface area contributed by atoms with E-state index in [0.29, 0.717) is 5.56 Å². The Kier molecular flexibility index (Phi) is 6.61. The van der Waals surface area contributed by atoms with Gasteiger partial charge in [-0.2, -0.15) is 0 Å². The van der Waals surface area contributed by atoms with Gasteiger partial charge < -0.3 is 14.6 Å². The molecule has 1 aliphatic rings. The van der Waals surface area contributed by atoms with E-state index in [2.05, 4.69) is 15.5 Å². The molecule has 0 unspecified atom stereocenters. The molecule has 3 rings (SSSR count). The number of ketones is 1. The lowest BCUT2D eigenvalue weighted by Gasteiger charge is -2.22. The van der Waals surface area contributed by atoms with Gasteiger partial charge in [-0.1, -0.05) is 26.0 Å². The zero-order valence-electron chi connectivity index (χ0n) is 19.1. The zero-order valence-corrected chi connectivity index (χ0v) is 19.1. The summed E-state index contributed by atoms with van der Waals surface area (Å²) in [5.41, 5.74) is -0.0802. The Hall–Kier alpha value is -3.63. The molecule has 1 atom stereocenters. The summed E-state index contributed by atoms with van der Waals surface area (Å²) < 4.78 is 18.9. The minimum absolute atomic E-state index is 0.104. The molecule has 1 saturated heterocycles. The molecule has 4 amide bonds. The molecule has 1 aromatic heterocycles. The number of Topliss-reactive ketones (excluding diaryl/α,β-unsaturated/α-hetero) is 1. The molecule has 1 aromatic carbocycles. The SMILES string of the molecule is CC(C)[C@@H](NC(=O)CN1C(=O)CN(C)C1=O)C(=O)c1nnc(C(C)(C)c2ccc(F)cc2)o1. The summed E-state index contributed by atoms with van der Waals surface area (Å²) in [7, 11) is 1.46. The molecule has 1 aliphatic heterocycles. The van der Waals surface area contributed by atoms with Crippen molar-refractivity contribution >= 4 is 23.6 Å². The van der Waals surface area contributed by atoms with Crippen LogP contribution in [0.3, 0.4) is 0 Å². The molecule has 0 spiro atoms. The van der Waals surface area contributed by atoms with Crippen molar-refractivity contribution in [1.82, 2.24) is 25.3 Å². The maximum absolute atomic E-state index is 13.3. The van der Waals surface area contributed by atoms with Gasteiger partial charge in [0.2, 0.25) is 17.6 Å². The summed E-state index contributed by atoms with van der Waals surface area (Å²) in [4.78, 5) is 51.5. The van der Waals surface area contributed by atoms with Gasteiger partial charge in [0.1, 0.15) is 18.9 Å². The molecule has 0 saturated carbocycles. The fourth-order valence-electron chi connectivity index (χ4n) is 3.42. The first kappa shape index (κ1) is 24.0. The van der Waals surface area contributed by atoms with E-state index in [4.69, 9.17) is 4.42 Å². The fraction of sp³-hybridized carbons (Fsp3) is 0.455. The first-order chi connectivity index (χ1) is 15.4. The molecule has 11 heteroatoms. The second-order valence-corrected chi connectivity index (χ2v) is 8.82. The van der Waals surface area contributed by atoms with Crippen molar-refractivity contribution < 1.29 is 28.0 Å². The lowest BCUT2D eigenvalue weighted by Crippen LogP contribution is -2.49. The van der Waals surface area contributed by atoms with E-state index in [1.54, 1.807) is 39.8 Å². The van der Waals surface area contributed by atoms with Crippen molar-refractivity contribution in [2.45, 2.75) is 39.2 Å². The van der Waals surface area contributed by atoms with E-state index in [1.807, 2.05) is 0 Å². The summed E-state index contributed by atoms with van der Waals surface area (Å²) in [6, 6.07) is 4.24. The Morgan fingerprint density at radius 2 is 1.82 bits per heavy atom. The highest BCUT2D eigenvalue weighted by Crippen LogP contribution is 2.30. The third kappa shape index (κ3) is 4.91. The van der Waals surface area contributed by atoms with Crippen LogP contribution in [0.2, 0.25) is 0 Å². The molecule has 33 heavy (non-hydrogen) atoms. The van der Waals surface area contributed by atoms with Crippen LogP contribution < -0.4 is 5.32 Å². The summed E-state index contributed by atoms with van der Waals surface area (Å²) in [5.74, 6) is -2.59. The predicted molar refractivity (Wildman–Crippen MR) is 114 cm³/mol. The highest BCUT2D eigenvalue weighted by molar-refractivity contribution is 6.05. The summed E-state index contributed by atoms with van der Waals surface area (Å²) >= 11 is 0. The molecule has 1 fully saturated rings. The van der Waals surface area contributed by atoms with E-state index in [1.165, 1.54) is 24.1 Å². The number of carbonyl (C=O) groups excluding carboxylic acids is 4. The topological polar surface area (TPSA) is 126 Å². The quantitative estimate of drug-likeness (QED) is 0.471. The number of benzene rings is 1. The number of nitrogens with one attached hydrogen (secondary N) is 1. The van der Waals surface area contributed by atoms with Crippen molar-refractivity contribution in [1.29, 1.82) is 0 Å². The van der Waals surface area contributed by atoms with Crippen molar-refractivity contribution in [2.24, 2.45) is 5.92 Å². The number of imide groups is 1. The molecule has 10 nitrogen and oxygen atoms in total. The number of hydrogen-bond donors (Lipinski definition) is 1. The Labute approximate surface area is 190 Å². The number of urea groups is 1. The van der Waals surface area contributed by atoms with Gasteiger partial charge in [0, 0.05) is 7.05 Å². The van der Waals surface area contributed by atoms with Crippen molar-refractivity contribution in [2.75, 3.05) is 20.1 Å². The molecular weight excluding hydrogens is 433 g/mol. The standard InChI is InChI=1S/C22H26FN5O5/c1-12(2)17(24-15(29)10-28-16(30)11-27(5)21(28)32)18(31)19-25-26-20(33-19)22(3,4)13-6-8-14(23)9-7-13/h6-9,12,17H,10-11H2,1-5H3,(H,24,29)/t17-/m1/s1. The number of amides is 4. The predicted octanol–water partition coefficient (Wildman–Crippen LogP) is 1.75. The van der Waals surface area contributed by atoms with Crippen LogP contribution in [0.25, 0.3) is 0 Å². The maximum atomic E-state index is 13.3. The van der Waals surface area contributed by atoms with E-state index < -0.39 is 41.6 Å². The van der Waals surface area contributed by atoms with Crippen LogP contribution in [0.1, 0.15) is 49.8 Å². The third-order valence-electron chi connectivity index (χ3n) is 5.53. The van der Waals surface area contributed by atoms with Crippen LogP contribution in [0.4, 0.5) is 9.18 Å². The number of carbonyl (C=O) groups is 4. The summed E-state index contributed by atoms with van der Waals surface area (Å²) in [6.07, 6.45) is 0. The van der Waals surface area contributed by atoms with E-state index in [9.17, 15) is 23.6 Å². The van der Waals surface area contributed by atoms with Gasteiger partial charge in [-0.25, -0.2) is 9.18 Å². The van der Waals surface area contributed by atoms with E-state index in [0.717, 1.165) is 4.90 Å². The largest absolute Gasteiger partial charge is 0.417 e. The van der Waals surface area contributed by atoms with Crippen LogP contribution in [-0.2, 0) is 15.0 Å². The molecule has 2 heterocycles. The lowest BCUT2D eigenvalue weighted by atomic mass is 9.84. The maximum Gasteiger partial charge on any atom is 0.327 e. The molecule has 0 aliphatic carbocycles. The smallest absolute Gasteiger partial charge is 0.327 e. The first-order valence-electron chi connectivity index (χ1n) is 10.4. The second kappa shape index (κ2) is 9.08. The average Bonchev–Trinajstić information content (AvgIpc) is 3.33. The van der Waals surface area contributed by atoms with Crippen molar-refractivity contribution in [3.8, 4) is 0 Å². The average molecular weight is 459 g/mol. The lowest BCUT2D eigenvalue weighted by molar-refractivity contribution is -0.131. The van der Waals surface area contributed by atoms with Gasteiger partial charge in [0.05, 0.1) is 11.5 Å². The van der Waals surface area contributed by atoms with E-state index in [-0.39, 0.29) is 30.1 Å². The monoisotopic (exact) mass is 459 g/mol. The van der Waals surface area contributed by atoms with Crippen LogP contribution in [0.15, 0.2) is 28.7 Å². The van der Waals surface area contributed by atoms with E-state index >= 15 is 0 Å². The van der Waals surface area contributed by atoms with Gasteiger partial charge in [-0.3, -0.25) is 19.3 Å². The minimum Gasteiger partial charge on any atom is -0.417 e. The van der Waals surface area contributed by atoms with Crippen LogP contribution in [-0.4, -0.2) is 69.8 Å². The van der Waals surface area contributed by atoms with Gasteiger partial charge in [0.15, 0.2) is 0 Å². The van der Waals surface area contributed by atoms with Gasteiger partial charge in [-0.05, 0) is 37.5 Å². The Bertz CT molecular complexity index is 1080. The Balaban J connectivity index is 1.74. The minimum atomic E-state index is -1.01. The third-order valence-corrected chi connectivity index (χ3v) is 5.53. The van der Waals surface area contributed by atoms with Crippen molar-refractivity contribution in [3.05, 3.63) is 47.4 Å².